The van der Waals surface area contributed by atoms with E-state index >= 15 is 0 Å². The van der Waals surface area contributed by atoms with Gasteiger partial charge in [0.2, 0.25) is 5.91 Å². The largest absolute Gasteiger partial charge is 0.497 e. The van der Waals surface area contributed by atoms with Crippen LogP contribution < -0.4 is 20.3 Å². The number of benzene rings is 1. The van der Waals surface area contributed by atoms with Crippen molar-refractivity contribution >= 4 is 33.1 Å². The normalized spacial score (nSPS) is 10.7. The summed E-state index contributed by atoms with van der Waals surface area (Å²) in [6.45, 7) is 1.78. The lowest BCUT2D eigenvalue weighted by Crippen LogP contribution is -2.27. The molecule has 0 radical (unpaired) electrons. The summed E-state index contributed by atoms with van der Waals surface area (Å²) in [5.41, 5.74) is 0.271. The predicted molar refractivity (Wildman–Crippen MR) is 96.8 cm³/mol. The van der Waals surface area contributed by atoms with Crippen molar-refractivity contribution in [2.45, 2.75) is 13.5 Å². The molecule has 0 saturated carbocycles. The Morgan fingerprint density at radius 3 is 2.80 bits per heavy atom. The number of carbonyl (C=O) groups is 1. The van der Waals surface area contributed by atoms with Crippen LogP contribution in [0.1, 0.15) is 4.88 Å². The van der Waals surface area contributed by atoms with E-state index in [-0.39, 0.29) is 18.0 Å². The maximum atomic E-state index is 12.4. The number of thiophene rings is 1. The van der Waals surface area contributed by atoms with Gasteiger partial charge in [0.25, 0.3) is 5.56 Å². The van der Waals surface area contributed by atoms with Crippen molar-refractivity contribution in [3.05, 3.63) is 45.8 Å². The molecule has 25 heavy (non-hydrogen) atoms. The van der Waals surface area contributed by atoms with Crippen LogP contribution >= 0.6 is 11.3 Å². The lowest BCUT2D eigenvalue weighted by atomic mass is 10.2. The summed E-state index contributed by atoms with van der Waals surface area (Å²) in [5, 5.41) is 3.26. The van der Waals surface area contributed by atoms with Crippen molar-refractivity contribution in [1.82, 2.24) is 9.55 Å². The number of ether oxygens (including phenoxy) is 2. The minimum Gasteiger partial charge on any atom is -0.497 e. The number of amides is 1. The number of carbonyl (C=O) groups excluding carboxylic acids is 1. The summed E-state index contributed by atoms with van der Waals surface area (Å²) in [5.74, 6) is 0.745. The highest BCUT2D eigenvalue weighted by atomic mass is 32.1. The molecule has 2 aromatic heterocycles. The molecule has 0 fully saturated rings. The van der Waals surface area contributed by atoms with Crippen LogP contribution in [0.2, 0.25) is 0 Å². The van der Waals surface area contributed by atoms with Crippen molar-refractivity contribution in [2.24, 2.45) is 0 Å². The Bertz CT molecular complexity index is 993. The monoisotopic (exact) mass is 359 g/mol. The van der Waals surface area contributed by atoms with Gasteiger partial charge in [-0.2, -0.15) is 0 Å². The van der Waals surface area contributed by atoms with Crippen LogP contribution in [0, 0.1) is 6.92 Å². The minimum atomic E-state index is -0.348. The molecule has 7 nitrogen and oxygen atoms in total. The molecule has 0 aliphatic rings. The van der Waals surface area contributed by atoms with Gasteiger partial charge in [-0.1, -0.05) is 0 Å². The van der Waals surface area contributed by atoms with Crippen molar-refractivity contribution in [3.8, 4) is 11.5 Å². The van der Waals surface area contributed by atoms with E-state index in [9.17, 15) is 9.59 Å². The Balaban J connectivity index is 1.81. The van der Waals surface area contributed by atoms with E-state index in [0.717, 1.165) is 4.88 Å². The van der Waals surface area contributed by atoms with E-state index in [4.69, 9.17) is 9.47 Å². The quantitative estimate of drug-likeness (QED) is 0.756. The molecule has 0 aliphatic carbocycles. The second-order valence-corrected chi connectivity index (χ2v) is 6.60. The zero-order chi connectivity index (χ0) is 18.0. The van der Waals surface area contributed by atoms with Crippen LogP contribution in [0.4, 0.5) is 5.69 Å². The molecule has 1 N–H and O–H groups in total. The molecule has 1 aromatic carbocycles. The van der Waals surface area contributed by atoms with E-state index in [0.29, 0.717) is 27.4 Å². The molecule has 0 atom stereocenters. The third-order valence-corrected chi connectivity index (χ3v) is 4.60. The Morgan fingerprint density at radius 1 is 1.28 bits per heavy atom. The van der Waals surface area contributed by atoms with Crippen LogP contribution in [0.15, 0.2) is 35.4 Å². The number of anilines is 1. The Morgan fingerprint density at radius 2 is 2.08 bits per heavy atom. The number of rotatable bonds is 5. The first-order chi connectivity index (χ1) is 12.0. The smallest absolute Gasteiger partial charge is 0.262 e. The van der Waals surface area contributed by atoms with E-state index in [1.54, 1.807) is 31.4 Å². The third kappa shape index (κ3) is 3.48. The molecule has 0 aliphatic heterocycles. The Hall–Kier alpha value is -2.87. The number of aryl methyl sites for hydroxylation is 1. The summed E-state index contributed by atoms with van der Waals surface area (Å²) in [6.07, 6.45) is 1.39. The van der Waals surface area contributed by atoms with E-state index < -0.39 is 0 Å². The van der Waals surface area contributed by atoms with Gasteiger partial charge in [0.05, 0.1) is 31.6 Å². The first-order valence-corrected chi connectivity index (χ1v) is 8.31. The maximum Gasteiger partial charge on any atom is 0.262 e. The molecule has 3 aromatic rings. The highest BCUT2D eigenvalue weighted by Gasteiger charge is 2.12. The number of methoxy groups -OCH3 is 2. The molecule has 0 bridgehead atoms. The highest BCUT2D eigenvalue weighted by Crippen LogP contribution is 2.29. The van der Waals surface area contributed by atoms with Gasteiger partial charge in [-0.25, -0.2) is 4.98 Å². The molecular weight excluding hydrogens is 342 g/mol. The van der Waals surface area contributed by atoms with Crippen molar-refractivity contribution in [1.29, 1.82) is 0 Å². The van der Waals surface area contributed by atoms with Crippen molar-refractivity contribution in [2.75, 3.05) is 19.5 Å². The molecule has 0 saturated heterocycles. The topological polar surface area (TPSA) is 82.5 Å². The fourth-order valence-corrected chi connectivity index (χ4v) is 3.28. The first kappa shape index (κ1) is 17.0. The standard InChI is InChI=1S/C17H17N3O4S/c1-10-6-12-16(25-10)18-9-20(17(12)22)8-15(21)19-13-5-4-11(23-2)7-14(13)24-3/h4-7,9H,8H2,1-3H3,(H,19,21). The summed E-state index contributed by atoms with van der Waals surface area (Å²) >= 11 is 1.45. The Kier molecular flexibility index (Phi) is 4.71. The molecule has 2 heterocycles. The second kappa shape index (κ2) is 6.94. The van der Waals surface area contributed by atoms with Crippen LogP contribution in [-0.2, 0) is 11.3 Å². The molecule has 130 valence electrons. The van der Waals surface area contributed by atoms with Crippen LogP contribution in [0.5, 0.6) is 11.5 Å². The lowest BCUT2D eigenvalue weighted by molar-refractivity contribution is -0.116. The molecule has 0 unspecified atom stereocenters. The number of fused-ring (bicyclic) bond motifs is 1. The minimum absolute atomic E-state index is 0.133. The number of aromatic nitrogens is 2. The van der Waals surface area contributed by atoms with Gasteiger partial charge in [0.1, 0.15) is 22.9 Å². The summed E-state index contributed by atoms with van der Waals surface area (Å²) in [4.78, 5) is 30.7. The summed E-state index contributed by atoms with van der Waals surface area (Å²) in [7, 11) is 3.06. The molecule has 3 rings (SSSR count). The average Bonchev–Trinajstić information content (AvgIpc) is 2.99. The predicted octanol–water partition coefficient (Wildman–Crippen LogP) is 2.42. The zero-order valence-electron chi connectivity index (χ0n) is 14.0. The van der Waals surface area contributed by atoms with Gasteiger partial charge in [0.15, 0.2) is 0 Å². The highest BCUT2D eigenvalue weighted by molar-refractivity contribution is 7.18. The fraction of sp³-hybridized carbons (Fsp3) is 0.235. The van der Waals surface area contributed by atoms with Crippen LogP contribution in [-0.4, -0.2) is 29.7 Å². The molecule has 1 amide bonds. The van der Waals surface area contributed by atoms with Gasteiger partial charge in [-0.3, -0.25) is 14.2 Å². The van der Waals surface area contributed by atoms with Crippen LogP contribution in [0.25, 0.3) is 10.2 Å². The van der Waals surface area contributed by atoms with Crippen molar-refractivity contribution in [3.63, 3.8) is 0 Å². The third-order valence-electron chi connectivity index (χ3n) is 3.64. The maximum absolute atomic E-state index is 12.4. The van der Waals surface area contributed by atoms with Gasteiger partial charge < -0.3 is 14.8 Å². The molecular formula is C17H17N3O4S. The SMILES string of the molecule is COc1ccc(NC(=O)Cn2cnc3sc(C)cc3c2=O)c(OC)c1. The van der Waals surface area contributed by atoms with E-state index in [2.05, 4.69) is 10.3 Å². The van der Waals surface area contributed by atoms with Gasteiger partial charge in [0, 0.05) is 10.9 Å². The second-order valence-electron chi connectivity index (χ2n) is 5.37. The zero-order valence-corrected chi connectivity index (χ0v) is 14.8. The first-order valence-electron chi connectivity index (χ1n) is 7.49. The molecule has 8 heteroatoms. The fourth-order valence-electron chi connectivity index (χ4n) is 2.44. The van der Waals surface area contributed by atoms with E-state index in [1.165, 1.54) is 29.3 Å². The summed E-state index contributed by atoms with van der Waals surface area (Å²) in [6, 6.07) is 6.86. The van der Waals surface area contributed by atoms with Crippen molar-refractivity contribution < 1.29 is 14.3 Å². The van der Waals surface area contributed by atoms with Gasteiger partial charge in [-0.15, -0.1) is 11.3 Å². The van der Waals surface area contributed by atoms with Gasteiger partial charge in [-0.05, 0) is 25.1 Å². The Labute approximate surface area is 147 Å². The van der Waals surface area contributed by atoms with Crippen LogP contribution in [0.3, 0.4) is 0 Å². The number of hydrogen-bond donors (Lipinski definition) is 1. The summed E-state index contributed by atoms with van der Waals surface area (Å²) < 4.78 is 11.7. The molecule has 0 spiro atoms. The number of nitrogens with one attached hydrogen (secondary N) is 1. The number of nitrogens with zero attached hydrogens (tertiary/aromatic N) is 2. The van der Waals surface area contributed by atoms with E-state index in [1.807, 2.05) is 6.92 Å². The lowest BCUT2D eigenvalue weighted by Gasteiger charge is -2.12. The average molecular weight is 359 g/mol. The number of hydrogen-bond acceptors (Lipinski definition) is 6. The van der Waals surface area contributed by atoms with Gasteiger partial charge >= 0.3 is 0 Å².